The van der Waals surface area contributed by atoms with Gasteiger partial charge < -0.3 is 4.74 Å². The van der Waals surface area contributed by atoms with E-state index < -0.39 is 12.7 Å². The number of nitrogens with zero attached hydrogens (tertiary/aromatic N) is 2. The Hall–Kier alpha value is -1.01. The molecule has 0 N–H and O–H groups in total. The molecule has 3 nitrogen and oxygen atoms in total. The van der Waals surface area contributed by atoms with Gasteiger partial charge in [0, 0.05) is 36.8 Å². The summed E-state index contributed by atoms with van der Waals surface area (Å²) >= 11 is 5.53. The molecule has 0 aromatic carbocycles. The van der Waals surface area contributed by atoms with Crippen LogP contribution in [0.2, 0.25) is 0 Å². The van der Waals surface area contributed by atoms with Gasteiger partial charge in [0.05, 0.1) is 19.3 Å². The molecule has 0 radical (unpaired) electrons. The maximum absolute atomic E-state index is 12.4. The van der Waals surface area contributed by atoms with Gasteiger partial charge in [0.15, 0.2) is 0 Å². The molecule has 0 spiro atoms. The van der Waals surface area contributed by atoms with Gasteiger partial charge in [-0.2, -0.15) is 13.2 Å². The van der Waals surface area contributed by atoms with Gasteiger partial charge in [-0.25, -0.2) is 0 Å². The molecule has 0 fully saturated rings. The Balaban J connectivity index is 2.80. The normalized spacial score (nSPS) is 11.9. The van der Waals surface area contributed by atoms with Crippen molar-refractivity contribution in [1.29, 1.82) is 0 Å². The van der Waals surface area contributed by atoms with Gasteiger partial charge in [0.1, 0.15) is 5.75 Å². The maximum atomic E-state index is 12.4. The molecule has 0 aliphatic heterocycles. The highest BCUT2D eigenvalue weighted by Gasteiger charge is 2.30. The van der Waals surface area contributed by atoms with Crippen LogP contribution in [0.5, 0.6) is 5.75 Å². The first-order chi connectivity index (χ1) is 8.84. The predicted octanol–water partition coefficient (Wildman–Crippen LogP) is 3.00. The van der Waals surface area contributed by atoms with Crippen LogP contribution in [0.25, 0.3) is 0 Å². The number of alkyl halides is 4. The molecular formula is C12H16ClF3N2O. The van der Waals surface area contributed by atoms with Crippen LogP contribution in [0.15, 0.2) is 12.1 Å². The Kier molecular flexibility index (Phi) is 5.87. The van der Waals surface area contributed by atoms with Crippen molar-refractivity contribution in [2.75, 3.05) is 26.1 Å². The maximum Gasteiger partial charge on any atom is 0.401 e. The summed E-state index contributed by atoms with van der Waals surface area (Å²) in [7, 11) is 1.50. The molecule has 1 heterocycles. The van der Waals surface area contributed by atoms with Crippen molar-refractivity contribution < 1.29 is 17.9 Å². The second-order valence-electron chi connectivity index (χ2n) is 4.15. The van der Waals surface area contributed by atoms with Crippen LogP contribution in [0, 0.1) is 6.92 Å². The third-order valence-electron chi connectivity index (χ3n) is 2.40. The molecule has 0 unspecified atom stereocenters. The van der Waals surface area contributed by atoms with Crippen molar-refractivity contribution in [1.82, 2.24) is 9.88 Å². The Morgan fingerprint density at radius 1 is 1.37 bits per heavy atom. The van der Waals surface area contributed by atoms with Gasteiger partial charge in [-0.05, 0) is 6.92 Å². The van der Waals surface area contributed by atoms with Gasteiger partial charge in [-0.1, -0.05) is 0 Å². The Labute approximate surface area is 115 Å². The fourth-order valence-corrected chi connectivity index (χ4v) is 1.96. The Bertz CT molecular complexity index is 412. The van der Waals surface area contributed by atoms with Crippen LogP contribution in [0.4, 0.5) is 13.2 Å². The topological polar surface area (TPSA) is 25.4 Å². The van der Waals surface area contributed by atoms with E-state index in [1.54, 1.807) is 19.1 Å². The minimum atomic E-state index is -4.25. The number of hydrogen-bond donors (Lipinski definition) is 0. The summed E-state index contributed by atoms with van der Waals surface area (Å²) in [6.07, 6.45) is -4.25. The lowest BCUT2D eigenvalue weighted by Crippen LogP contribution is -2.35. The highest BCUT2D eigenvalue weighted by Crippen LogP contribution is 2.19. The largest absolute Gasteiger partial charge is 0.497 e. The molecule has 108 valence electrons. The first-order valence-corrected chi connectivity index (χ1v) is 6.24. The van der Waals surface area contributed by atoms with Crippen LogP contribution >= 0.6 is 11.6 Å². The quantitative estimate of drug-likeness (QED) is 0.755. The molecule has 0 atom stereocenters. The third-order valence-corrected chi connectivity index (χ3v) is 2.57. The molecule has 19 heavy (non-hydrogen) atoms. The molecule has 0 saturated heterocycles. The minimum Gasteiger partial charge on any atom is -0.497 e. The summed E-state index contributed by atoms with van der Waals surface area (Å²) < 4.78 is 42.4. The average Bonchev–Trinajstić information content (AvgIpc) is 2.26. The predicted molar refractivity (Wildman–Crippen MR) is 67.6 cm³/mol. The van der Waals surface area contributed by atoms with E-state index in [0.717, 1.165) is 0 Å². The molecule has 0 aliphatic carbocycles. The van der Waals surface area contributed by atoms with Crippen molar-refractivity contribution in [3.8, 4) is 5.75 Å². The van der Waals surface area contributed by atoms with Crippen LogP contribution in [-0.4, -0.2) is 42.1 Å². The van der Waals surface area contributed by atoms with Gasteiger partial charge in [-0.3, -0.25) is 9.88 Å². The second-order valence-corrected chi connectivity index (χ2v) is 4.53. The van der Waals surface area contributed by atoms with Crippen molar-refractivity contribution in [3.05, 3.63) is 23.5 Å². The monoisotopic (exact) mass is 296 g/mol. The third kappa shape index (κ3) is 6.11. The number of rotatable bonds is 6. The van der Waals surface area contributed by atoms with Crippen LogP contribution in [0.3, 0.4) is 0 Å². The number of ether oxygens (including phenoxy) is 1. The standard InChI is InChI=1S/C12H16ClF3N2O/c1-9-5-11(19-2)6-10(17-9)7-18(4-3-13)8-12(14,15)16/h5-6H,3-4,7-8H2,1-2H3. The molecule has 0 amide bonds. The summed E-state index contributed by atoms with van der Waals surface area (Å²) in [5, 5.41) is 0. The first kappa shape index (κ1) is 16.0. The number of aromatic nitrogens is 1. The first-order valence-electron chi connectivity index (χ1n) is 5.70. The number of hydrogen-bond acceptors (Lipinski definition) is 3. The van der Waals surface area contributed by atoms with E-state index >= 15 is 0 Å². The van der Waals surface area contributed by atoms with Crippen molar-refractivity contribution in [2.45, 2.75) is 19.6 Å². The van der Waals surface area contributed by atoms with Crippen molar-refractivity contribution in [2.24, 2.45) is 0 Å². The van der Waals surface area contributed by atoms with E-state index in [2.05, 4.69) is 4.98 Å². The van der Waals surface area contributed by atoms with Gasteiger partial charge >= 0.3 is 6.18 Å². The van der Waals surface area contributed by atoms with Crippen molar-refractivity contribution in [3.63, 3.8) is 0 Å². The summed E-state index contributed by atoms with van der Waals surface area (Å²) in [5.74, 6) is 0.722. The van der Waals surface area contributed by atoms with Gasteiger partial charge in [0.25, 0.3) is 0 Å². The van der Waals surface area contributed by atoms with Gasteiger partial charge in [0.2, 0.25) is 0 Å². The highest BCUT2D eigenvalue weighted by molar-refractivity contribution is 6.18. The fourth-order valence-electron chi connectivity index (χ4n) is 1.72. The second kappa shape index (κ2) is 6.96. The van der Waals surface area contributed by atoms with Crippen LogP contribution in [-0.2, 0) is 6.54 Å². The summed E-state index contributed by atoms with van der Waals surface area (Å²) in [6.45, 7) is 1.00. The molecule has 1 aromatic heterocycles. The summed E-state index contributed by atoms with van der Waals surface area (Å²) in [4.78, 5) is 5.42. The van der Waals surface area contributed by atoms with Crippen LogP contribution < -0.4 is 4.74 Å². The SMILES string of the molecule is COc1cc(C)nc(CN(CCCl)CC(F)(F)F)c1. The number of pyridine rings is 1. The Morgan fingerprint density at radius 3 is 2.58 bits per heavy atom. The summed E-state index contributed by atoms with van der Waals surface area (Å²) in [6, 6.07) is 3.35. The van der Waals surface area contributed by atoms with E-state index in [1.165, 1.54) is 12.0 Å². The molecule has 1 aromatic rings. The highest BCUT2D eigenvalue weighted by atomic mass is 35.5. The van der Waals surface area contributed by atoms with Gasteiger partial charge in [-0.15, -0.1) is 11.6 Å². The summed E-state index contributed by atoms with van der Waals surface area (Å²) in [5.41, 5.74) is 1.23. The van der Waals surface area contributed by atoms with E-state index in [-0.39, 0.29) is 19.0 Å². The molecule has 0 saturated carbocycles. The van der Waals surface area contributed by atoms with Crippen LogP contribution in [0.1, 0.15) is 11.4 Å². The zero-order chi connectivity index (χ0) is 14.5. The molecule has 0 aliphatic rings. The lowest BCUT2D eigenvalue weighted by atomic mass is 10.2. The fraction of sp³-hybridized carbons (Fsp3) is 0.583. The van der Waals surface area contributed by atoms with Crippen molar-refractivity contribution >= 4 is 11.6 Å². The lowest BCUT2D eigenvalue weighted by molar-refractivity contribution is -0.146. The Morgan fingerprint density at radius 2 is 2.05 bits per heavy atom. The number of halogens is 4. The molecule has 0 bridgehead atoms. The van der Waals surface area contributed by atoms with E-state index in [0.29, 0.717) is 17.1 Å². The number of methoxy groups -OCH3 is 1. The minimum absolute atomic E-state index is 0.0876. The smallest absolute Gasteiger partial charge is 0.401 e. The molecule has 1 rings (SSSR count). The zero-order valence-corrected chi connectivity index (χ0v) is 11.6. The zero-order valence-electron chi connectivity index (χ0n) is 10.8. The number of aryl methyl sites for hydroxylation is 1. The van der Waals surface area contributed by atoms with E-state index in [9.17, 15) is 13.2 Å². The molecular weight excluding hydrogens is 281 g/mol. The average molecular weight is 297 g/mol. The lowest BCUT2D eigenvalue weighted by Gasteiger charge is -2.22. The van der Waals surface area contributed by atoms with E-state index in [1.807, 2.05) is 0 Å². The molecule has 7 heteroatoms. The van der Waals surface area contributed by atoms with E-state index in [4.69, 9.17) is 16.3 Å².